The van der Waals surface area contributed by atoms with Crippen molar-refractivity contribution < 1.29 is 29.0 Å². The zero-order valence-electron chi connectivity index (χ0n) is 17.3. The zero-order valence-corrected chi connectivity index (χ0v) is 18.2. The molecule has 9 heteroatoms. The molecule has 3 N–H and O–H groups in total. The first-order valence-corrected chi connectivity index (χ1v) is 10.5. The Morgan fingerprint density at radius 1 is 1.23 bits per heavy atom. The first kappa shape index (κ1) is 24.2. The molecule has 166 valence electrons. The highest BCUT2D eigenvalue weighted by Gasteiger charge is 2.36. The summed E-state index contributed by atoms with van der Waals surface area (Å²) in [5.41, 5.74) is -0.412. The van der Waals surface area contributed by atoms with Crippen molar-refractivity contribution in [3.05, 3.63) is 35.9 Å². The molecule has 30 heavy (non-hydrogen) atoms. The van der Waals surface area contributed by atoms with Gasteiger partial charge in [-0.05, 0) is 38.2 Å². The van der Waals surface area contributed by atoms with E-state index in [-0.39, 0.29) is 25.0 Å². The van der Waals surface area contributed by atoms with Gasteiger partial charge in [0.1, 0.15) is 5.54 Å². The quantitative estimate of drug-likeness (QED) is 0.411. The fourth-order valence-corrected chi connectivity index (χ4v) is 3.43. The molecule has 1 heterocycles. The highest BCUT2D eigenvalue weighted by Crippen LogP contribution is 2.23. The standard InChI is InChI=1S/C21H30N2O6S/c1-21(2,23-18(24)17(30)15-8-10-28-11-9-15)20(27)22-16(19(25)26)13-29-12-14-6-4-3-5-7-14/h3-7,15-17,30H,8-13H2,1-2H3,(H,22,27)(H,23,24)(H,25,26). The molecule has 0 spiro atoms. The maximum atomic E-state index is 12.7. The Balaban J connectivity index is 1.87. The molecule has 2 amide bonds. The van der Waals surface area contributed by atoms with E-state index >= 15 is 0 Å². The number of carbonyl (C=O) groups is 3. The van der Waals surface area contributed by atoms with Gasteiger partial charge in [-0.25, -0.2) is 4.79 Å². The summed E-state index contributed by atoms with van der Waals surface area (Å²) in [5, 5.41) is 14.0. The SMILES string of the molecule is CC(C)(NC(=O)C(S)C1CCOCC1)C(=O)NC(COCc1ccccc1)C(=O)O. The van der Waals surface area contributed by atoms with E-state index in [2.05, 4.69) is 23.3 Å². The lowest BCUT2D eigenvalue weighted by molar-refractivity contribution is -0.145. The monoisotopic (exact) mass is 438 g/mol. The van der Waals surface area contributed by atoms with Gasteiger partial charge in [0.25, 0.3) is 0 Å². The molecule has 8 nitrogen and oxygen atoms in total. The Hall–Kier alpha value is -2.10. The van der Waals surface area contributed by atoms with Crippen LogP contribution in [0.5, 0.6) is 0 Å². The van der Waals surface area contributed by atoms with Crippen molar-refractivity contribution in [2.45, 2.75) is 50.1 Å². The summed E-state index contributed by atoms with van der Waals surface area (Å²) in [7, 11) is 0. The normalized spacial score (nSPS) is 17.0. The summed E-state index contributed by atoms with van der Waals surface area (Å²) in [6, 6.07) is 8.07. The Labute approximate surface area is 182 Å². The van der Waals surface area contributed by atoms with Gasteiger partial charge in [-0.2, -0.15) is 12.6 Å². The maximum Gasteiger partial charge on any atom is 0.328 e. The van der Waals surface area contributed by atoms with Gasteiger partial charge in [0.2, 0.25) is 11.8 Å². The number of aliphatic carboxylic acids is 1. The number of carbonyl (C=O) groups excluding carboxylic acids is 2. The molecule has 2 unspecified atom stereocenters. The minimum atomic E-state index is -1.31. The van der Waals surface area contributed by atoms with Gasteiger partial charge in [-0.3, -0.25) is 9.59 Å². The van der Waals surface area contributed by atoms with Crippen molar-refractivity contribution in [3.8, 4) is 0 Å². The molecule has 2 rings (SSSR count). The lowest BCUT2D eigenvalue weighted by atomic mass is 9.94. The Morgan fingerprint density at radius 2 is 1.87 bits per heavy atom. The summed E-state index contributed by atoms with van der Waals surface area (Å²) in [5.74, 6) is -2.12. The van der Waals surface area contributed by atoms with Crippen LogP contribution < -0.4 is 10.6 Å². The van der Waals surface area contributed by atoms with Gasteiger partial charge in [0.15, 0.2) is 6.04 Å². The van der Waals surface area contributed by atoms with Gasteiger partial charge < -0.3 is 25.2 Å². The fourth-order valence-electron chi connectivity index (χ4n) is 3.07. The molecule has 1 aromatic rings. The van der Waals surface area contributed by atoms with Crippen LogP contribution in [0.3, 0.4) is 0 Å². The number of carboxylic acid groups (broad SMARTS) is 1. The third-order valence-electron chi connectivity index (χ3n) is 4.98. The molecule has 0 radical (unpaired) electrons. The number of hydrogen-bond donors (Lipinski definition) is 4. The second-order valence-electron chi connectivity index (χ2n) is 7.87. The first-order valence-electron chi connectivity index (χ1n) is 9.94. The van der Waals surface area contributed by atoms with Crippen LogP contribution in [-0.2, 0) is 30.5 Å². The zero-order chi connectivity index (χ0) is 22.1. The lowest BCUT2D eigenvalue weighted by Crippen LogP contribution is -2.60. The lowest BCUT2D eigenvalue weighted by Gasteiger charge is -2.31. The van der Waals surface area contributed by atoms with E-state index in [1.54, 1.807) is 0 Å². The molecule has 1 fully saturated rings. The summed E-state index contributed by atoms with van der Waals surface area (Å²) in [6.45, 7) is 4.25. The summed E-state index contributed by atoms with van der Waals surface area (Å²) in [4.78, 5) is 36.8. The van der Waals surface area contributed by atoms with Crippen LogP contribution in [0.2, 0.25) is 0 Å². The van der Waals surface area contributed by atoms with Gasteiger partial charge in [0.05, 0.1) is 18.5 Å². The van der Waals surface area contributed by atoms with E-state index in [4.69, 9.17) is 9.47 Å². The van der Waals surface area contributed by atoms with E-state index in [0.29, 0.717) is 13.2 Å². The third-order valence-corrected chi connectivity index (χ3v) is 5.64. The smallest absolute Gasteiger partial charge is 0.328 e. The van der Waals surface area contributed by atoms with E-state index < -0.39 is 28.7 Å². The molecule has 1 aliphatic heterocycles. The summed E-state index contributed by atoms with van der Waals surface area (Å²) in [6.07, 6.45) is 1.46. The highest BCUT2D eigenvalue weighted by molar-refractivity contribution is 7.81. The molecule has 0 aliphatic carbocycles. The molecular formula is C21H30N2O6S. The van der Waals surface area contributed by atoms with Crippen LogP contribution in [-0.4, -0.2) is 59.5 Å². The molecule has 0 saturated carbocycles. The Morgan fingerprint density at radius 3 is 2.47 bits per heavy atom. The number of carboxylic acids is 1. The van der Waals surface area contributed by atoms with Gasteiger partial charge in [-0.15, -0.1) is 0 Å². The van der Waals surface area contributed by atoms with Crippen LogP contribution in [0.1, 0.15) is 32.3 Å². The van der Waals surface area contributed by atoms with Crippen LogP contribution in [0.25, 0.3) is 0 Å². The van der Waals surface area contributed by atoms with E-state index in [1.807, 2.05) is 30.3 Å². The number of ether oxygens (including phenoxy) is 2. The predicted octanol–water partition coefficient (Wildman–Crippen LogP) is 1.39. The second kappa shape index (κ2) is 11.3. The molecule has 1 saturated heterocycles. The number of nitrogens with one attached hydrogen (secondary N) is 2. The number of benzene rings is 1. The first-order chi connectivity index (χ1) is 14.2. The highest BCUT2D eigenvalue weighted by atomic mass is 32.1. The fraction of sp³-hybridized carbons (Fsp3) is 0.571. The molecule has 0 bridgehead atoms. The predicted molar refractivity (Wildman–Crippen MR) is 114 cm³/mol. The van der Waals surface area contributed by atoms with Crippen molar-refractivity contribution >= 4 is 30.4 Å². The maximum absolute atomic E-state index is 12.7. The molecule has 1 aromatic carbocycles. The van der Waals surface area contributed by atoms with Gasteiger partial charge in [0, 0.05) is 13.2 Å². The molecule has 0 aromatic heterocycles. The number of thiol groups is 1. The third kappa shape index (κ3) is 7.30. The van der Waals surface area contributed by atoms with Crippen molar-refractivity contribution in [2.24, 2.45) is 5.92 Å². The topological polar surface area (TPSA) is 114 Å². The van der Waals surface area contributed by atoms with Crippen molar-refractivity contribution in [3.63, 3.8) is 0 Å². The number of rotatable bonds is 10. The second-order valence-corrected chi connectivity index (χ2v) is 8.43. The van der Waals surface area contributed by atoms with Gasteiger partial charge in [-0.1, -0.05) is 30.3 Å². The van der Waals surface area contributed by atoms with E-state index in [1.165, 1.54) is 13.8 Å². The minimum absolute atomic E-state index is 0.0686. The van der Waals surface area contributed by atoms with Crippen LogP contribution in [0.15, 0.2) is 30.3 Å². The van der Waals surface area contributed by atoms with E-state index in [0.717, 1.165) is 18.4 Å². The molecular weight excluding hydrogens is 408 g/mol. The Bertz CT molecular complexity index is 721. The summed E-state index contributed by atoms with van der Waals surface area (Å²) < 4.78 is 10.7. The number of amides is 2. The molecule has 1 aliphatic rings. The van der Waals surface area contributed by atoms with Crippen molar-refractivity contribution in [2.75, 3.05) is 19.8 Å². The van der Waals surface area contributed by atoms with Crippen molar-refractivity contribution in [1.82, 2.24) is 10.6 Å². The van der Waals surface area contributed by atoms with Crippen LogP contribution in [0, 0.1) is 5.92 Å². The van der Waals surface area contributed by atoms with Crippen LogP contribution >= 0.6 is 12.6 Å². The molecule has 2 atom stereocenters. The van der Waals surface area contributed by atoms with Gasteiger partial charge >= 0.3 is 5.97 Å². The average molecular weight is 439 g/mol. The van der Waals surface area contributed by atoms with Crippen molar-refractivity contribution in [1.29, 1.82) is 0 Å². The van der Waals surface area contributed by atoms with E-state index in [9.17, 15) is 19.5 Å². The summed E-state index contributed by atoms with van der Waals surface area (Å²) >= 11 is 4.42. The van der Waals surface area contributed by atoms with Crippen LogP contribution in [0.4, 0.5) is 0 Å². The largest absolute Gasteiger partial charge is 0.480 e. The number of hydrogen-bond acceptors (Lipinski definition) is 6. The minimum Gasteiger partial charge on any atom is -0.480 e. The Kier molecular flexibility index (Phi) is 9.13. The average Bonchev–Trinajstić information content (AvgIpc) is 2.73.